The van der Waals surface area contributed by atoms with Gasteiger partial charge in [0.15, 0.2) is 0 Å². The quantitative estimate of drug-likeness (QED) is 0.792. The summed E-state index contributed by atoms with van der Waals surface area (Å²) >= 11 is 0. The van der Waals surface area contributed by atoms with Crippen molar-refractivity contribution < 1.29 is 0 Å². The average Bonchev–Trinajstić information content (AvgIpc) is 2.95. The first-order chi connectivity index (χ1) is 6.91. The van der Waals surface area contributed by atoms with Gasteiger partial charge < -0.3 is 5.32 Å². The summed E-state index contributed by atoms with van der Waals surface area (Å²) < 4.78 is 0. The van der Waals surface area contributed by atoms with Gasteiger partial charge in [-0.05, 0) is 49.9 Å². The molecule has 0 amide bonds. The minimum atomic E-state index is 0. The average molecular weight is 226 g/mol. The molecule has 1 saturated carbocycles. The van der Waals surface area contributed by atoms with Crippen LogP contribution < -0.4 is 5.32 Å². The van der Waals surface area contributed by atoms with Crippen LogP contribution in [0.4, 0.5) is 0 Å². The van der Waals surface area contributed by atoms with Crippen molar-refractivity contribution in [2.24, 2.45) is 5.41 Å². The van der Waals surface area contributed by atoms with Crippen LogP contribution in [0.15, 0.2) is 18.3 Å². The third-order valence-electron chi connectivity index (χ3n) is 3.74. The predicted octanol–water partition coefficient (Wildman–Crippen LogP) is 1.76. The summed E-state index contributed by atoms with van der Waals surface area (Å²) in [4.78, 5) is 0. The smallest absolute Gasteiger partial charge is 0.0667 e. The highest BCUT2D eigenvalue weighted by Crippen LogP contribution is 2.63. The summed E-state index contributed by atoms with van der Waals surface area (Å²) in [6.45, 7) is 2.35. The van der Waals surface area contributed by atoms with E-state index in [2.05, 4.69) is 21.6 Å². The van der Waals surface area contributed by atoms with E-state index >= 15 is 0 Å². The molecule has 1 aromatic heterocycles. The highest BCUT2D eigenvalue weighted by Gasteiger charge is 2.55. The summed E-state index contributed by atoms with van der Waals surface area (Å²) in [7, 11) is 0. The van der Waals surface area contributed by atoms with Crippen LogP contribution in [-0.2, 0) is 0 Å². The Bertz CT molecular complexity index is 322. The molecule has 3 rings (SSSR count). The third-order valence-corrected chi connectivity index (χ3v) is 3.74. The molecular formula is C11H16ClN3. The van der Waals surface area contributed by atoms with Gasteiger partial charge in [-0.1, -0.05) is 0 Å². The molecule has 2 heterocycles. The van der Waals surface area contributed by atoms with Gasteiger partial charge in [-0.3, -0.25) is 0 Å². The maximum atomic E-state index is 4.22. The normalized spacial score (nSPS) is 27.1. The van der Waals surface area contributed by atoms with Crippen molar-refractivity contribution in [3.63, 3.8) is 0 Å². The molecule has 2 aliphatic rings. The Labute approximate surface area is 96.1 Å². The Balaban J connectivity index is 0.000000853. The van der Waals surface area contributed by atoms with Crippen LogP contribution in [0, 0.1) is 5.41 Å². The minimum Gasteiger partial charge on any atom is -0.317 e. The van der Waals surface area contributed by atoms with Crippen LogP contribution in [0.2, 0.25) is 0 Å². The van der Waals surface area contributed by atoms with Gasteiger partial charge in [-0.15, -0.1) is 12.4 Å². The van der Waals surface area contributed by atoms with Gasteiger partial charge in [-0.25, -0.2) is 0 Å². The summed E-state index contributed by atoms with van der Waals surface area (Å²) in [5, 5.41) is 11.6. The standard InChI is InChI=1S/C11H15N3.ClH/c1-2-10(14-13-5-1)9-8-11(9)3-6-12-7-4-11;/h1-2,5,9,12H,3-4,6-8H2;1H. The highest BCUT2D eigenvalue weighted by molar-refractivity contribution is 5.85. The number of piperidine rings is 1. The molecule has 3 nitrogen and oxygen atoms in total. The van der Waals surface area contributed by atoms with E-state index in [9.17, 15) is 0 Å². The van der Waals surface area contributed by atoms with Gasteiger partial charge in [-0.2, -0.15) is 10.2 Å². The van der Waals surface area contributed by atoms with Crippen LogP contribution in [0.1, 0.15) is 30.9 Å². The molecule has 1 aliphatic heterocycles. The van der Waals surface area contributed by atoms with Crippen molar-refractivity contribution in [3.8, 4) is 0 Å². The van der Waals surface area contributed by atoms with E-state index in [0.717, 1.165) is 0 Å². The molecule has 1 atom stereocenters. The molecule has 1 N–H and O–H groups in total. The van der Waals surface area contributed by atoms with Crippen LogP contribution in [0.25, 0.3) is 0 Å². The third kappa shape index (κ3) is 1.86. The second kappa shape index (κ2) is 4.06. The minimum absolute atomic E-state index is 0. The van der Waals surface area contributed by atoms with E-state index in [0.29, 0.717) is 11.3 Å². The van der Waals surface area contributed by atoms with Crippen LogP contribution in [-0.4, -0.2) is 23.3 Å². The molecule has 2 fully saturated rings. The zero-order chi connectivity index (χ0) is 9.43. The number of rotatable bonds is 1. The van der Waals surface area contributed by atoms with Crippen molar-refractivity contribution in [2.45, 2.75) is 25.2 Å². The summed E-state index contributed by atoms with van der Waals surface area (Å²) in [6.07, 6.45) is 5.71. The molecule has 0 radical (unpaired) electrons. The molecule has 4 heteroatoms. The summed E-state index contributed by atoms with van der Waals surface area (Å²) in [5.41, 5.74) is 1.79. The van der Waals surface area contributed by atoms with Gasteiger partial charge in [0.1, 0.15) is 0 Å². The van der Waals surface area contributed by atoms with E-state index in [1.54, 1.807) is 6.20 Å². The van der Waals surface area contributed by atoms with Crippen molar-refractivity contribution in [2.75, 3.05) is 13.1 Å². The zero-order valence-electron chi connectivity index (χ0n) is 8.65. The number of halogens is 1. The maximum absolute atomic E-state index is 4.22. The Morgan fingerprint density at radius 2 is 2.13 bits per heavy atom. The van der Waals surface area contributed by atoms with E-state index in [-0.39, 0.29) is 12.4 Å². The number of nitrogens with zero attached hydrogens (tertiary/aromatic N) is 2. The van der Waals surface area contributed by atoms with Gasteiger partial charge in [0.25, 0.3) is 0 Å². The SMILES string of the molecule is Cl.c1cnnc(C2CC23CCNCC3)c1. The Hall–Kier alpha value is -0.670. The van der Waals surface area contributed by atoms with Gasteiger partial charge in [0.2, 0.25) is 0 Å². The number of hydrogen-bond donors (Lipinski definition) is 1. The second-order valence-corrected chi connectivity index (χ2v) is 4.52. The van der Waals surface area contributed by atoms with Crippen molar-refractivity contribution >= 4 is 12.4 Å². The molecule has 0 bridgehead atoms. The first kappa shape index (κ1) is 10.8. The van der Waals surface area contributed by atoms with Crippen LogP contribution in [0.5, 0.6) is 0 Å². The van der Waals surface area contributed by atoms with Crippen LogP contribution in [0.3, 0.4) is 0 Å². The van der Waals surface area contributed by atoms with E-state index in [1.807, 2.05) is 6.07 Å². The lowest BCUT2D eigenvalue weighted by molar-refractivity contribution is 0.341. The molecule has 1 saturated heterocycles. The first-order valence-electron chi connectivity index (χ1n) is 5.39. The molecule has 1 spiro atoms. The maximum Gasteiger partial charge on any atom is 0.0667 e. The Morgan fingerprint density at radius 3 is 2.80 bits per heavy atom. The van der Waals surface area contributed by atoms with E-state index in [4.69, 9.17) is 0 Å². The van der Waals surface area contributed by atoms with Gasteiger partial charge in [0, 0.05) is 12.1 Å². The zero-order valence-corrected chi connectivity index (χ0v) is 9.46. The van der Waals surface area contributed by atoms with Crippen LogP contribution >= 0.6 is 12.4 Å². The van der Waals surface area contributed by atoms with Crippen molar-refractivity contribution in [3.05, 3.63) is 24.0 Å². The lowest BCUT2D eigenvalue weighted by Crippen LogP contribution is -2.29. The number of hydrogen-bond acceptors (Lipinski definition) is 3. The Morgan fingerprint density at radius 1 is 1.33 bits per heavy atom. The van der Waals surface area contributed by atoms with Gasteiger partial charge in [0.05, 0.1) is 5.69 Å². The number of aromatic nitrogens is 2. The fraction of sp³-hybridized carbons (Fsp3) is 0.636. The molecule has 15 heavy (non-hydrogen) atoms. The number of nitrogens with one attached hydrogen (secondary N) is 1. The van der Waals surface area contributed by atoms with E-state index in [1.165, 1.54) is 38.0 Å². The predicted molar refractivity (Wildman–Crippen MR) is 61.2 cm³/mol. The molecule has 0 aromatic carbocycles. The second-order valence-electron chi connectivity index (χ2n) is 4.52. The lowest BCUT2D eigenvalue weighted by atomic mass is 9.91. The molecule has 82 valence electrons. The topological polar surface area (TPSA) is 37.8 Å². The van der Waals surface area contributed by atoms with Crippen molar-refractivity contribution in [1.29, 1.82) is 0 Å². The van der Waals surface area contributed by atoms with Crippen molar-refractivity contribution in [1.82, 2.24) is 15.5 Å². The molecule has 1 unspecified atom stereocenters. The monoisotopic (exact) mass is 225 g/mol. The molecular weight excluding hydrogens is 210 g/mol. The fourth-order valence-corrected chi connectivity index (χ4v) is 2.74. The van der Waals surface area contributed by atoms with E-state index < -0.39 is 0 Å². The molecule has 1 aromatic rings. The highest BCUT2D eigenvalue weighted by atomic mass is 35.5. The Kier molecular flexibility index (Phi) is 2.94. The first-order valence-corrected chi connectivity index (χ1v) is 5.39. The summed E-state index contributed by atoms with van der Waals surface area (Å²) in [5.74, 6) is 0.693. The fourth-order valence-electron chi connectivity index (χ4n) is 2.74. The molecule has 1 aliphatic carbocycles. The van der Waals surface area contributed by atoms with Gasteiger partial charge >= 0.3 is 0 Å². The largest absolute Gasteiger partial charge is 0.317 e. The lowest BCUT2D eigenvalue weighted by Gasteiger charge is -2.23. The summed E-state index contributed by atoms with van der Waals surface area (Å²) in [6, 6.07) is 4.11.